The van der Waals surface area contributed by atoms with Crippen LogP contribution in [0.3, 0.4) is 0 Å². The molecule has 0 spiro atoms. The first-order valence-electron chi connectivity index (χ1n) is 17.5. The van der Waals surface area contributed by atoms with E-state index in [0.717, 1.165) is 17.1 Å². The van der Waals surface area contributed by atoms with Crippen molar-refractivity contribution in [3.05, 3.63) is 188 Å². The van der Waals surface area contributed by atoms with Gasteiger partial charge in [-0.15, -0.1) is 0 Å². The number of hydrogen-bond donors (Lipinski definition) is 0. The van der Waals surface area contributed by atoms with E-state index in [1.807, 2.05) is 0 Å². The molecule has 238 valence electrons. The number of fused-ring (bicyclic) bond motifs is 10. The van der Waals surface area contributed by atoms with Gasteiger partial charge in [0.05, 0.1) is 33.1 Å². The summed E-state index contributed by atoms with van der Waals surface area (Å²) in [5.41, 5.74) is 13.1. The molecule has 3 aromatic heterocycles. The molecule has 0 unspecified atom stereocenters. The first-order chi connectivity index (χ1) is 25.3. The highest BCUT2D eigenvalue weighted by molar-refractivity contribution is 6.26. The Labute approximate surface area is 294 Å². The molecule has 51 heavy (non-hydrogen) atoms. The van der Waals surface area contributed by atoms with E-state index < -0.39 is 0 Å². The van der Waals surface area contributed by atoms with Gasteiger partial charge in [0, 0.05) is 49.4 Å². The maximum atomic E-state index is 2.46. The minimum Gasteiger partial charge on any atom is -0.309 e. The van der Waals surface area contributed by atoms with Gasteiger partial charge in [-0.25, -0.2) is 0 Å². The second-order valence-corrected chi connectivity index (χ2v) is 13.4. The number of nitrogens with zero attached hydrogens (tertiary/aromatic N) is 3. The van der Waals surface area contributed by atoms with Crippen molar-refractivity contribution in [3.8, 4) is 28.2 Å². The number of rotatable bonds is 4. The van der Waals surface area contributed by atoms with Gasteiger partial charge in [0.25, 0.3) is 0 Å². The monoisotopic (exact) mass is 649 g/mol. The average Bonchev–Trinajstić information content (AvgIpc) is 3.84. The van der Waals surface area contributed by atoms with Gasteiger partial charge < -0.3 is 13.7 Å². The van der Waals surface area contributed by atoms with Crippen LogP contribution in [0, 0.1) is 0 Å². The van der Waals surface area contributed by atoms with Crippen LogP contribution in [0.1, 0.15) is 0 Å². The fraction of sp³-hybridized carbons (Fsp3) is 0. The predicted octanol–water partition coefficient (Wildman–Crippen LogP) is 12.6. The van der Waals surface area contributed by atoms with E-state index in [0.29, 0.717) is 0 Å². The molecule has 3 heteroatoms. The zero-order chi connectivity index (χ0) is 33.5. The SMILES string of the molecule is c1ccc(-c2ccc(-n3c4ccccc4c4ccc(-n5c6ccccc6c6c5ccc5c7ccccc7n(-c7ccccc7)c56)cc43)cc2)cc1. The summed E-state index contributed by atoms with van der Waals surface area (Å²) >= 11 is 0. The second kappa shape index (κ2) is 10.8. The molecule has 0 amide bonds. The third-order valence-electron chi connectivity index (χ3n) is 10.6. The minimum atomic E-state index is 1.14. The van der Waals surface area contributed by atoms with E-state index >= 15 is 0 Å². The predicted molar refractivity (Wildman–Crippen MR) is 215 cm³/mol. The van der Waals surface area contributed by atoms with E-state index in [-0.39, 0.29) is 0 Å². The molecule has 3 nitrogen and oxygen atoms in total. The molecule has 3 heterocycles. The lowest BCUT2D eigenvalue weighted by Gasteiger charge is -2.12. The van der Waals surface area contributed by atoms with Crippen LogP contribution >= 0.6 is 0 Å². The van der Waals surface area contributed by atoms with E-state index in [2.05, 4.69) is 202 Å². The molecule has 0 bridgehead atoms. The highest BCUT2D eigenvalue weighted by Crippen LogP contribution is 2.43. The Morgan fingerprint density at radius 1 is 0.255 bits per heavy atom. The normalized spacial score (nSPS) is 11.9. The third-order valence-corrected chi connectivity index (χ3v) is 10.6. The summed E-state index contributed by atoms with van der Waals surface area (Å²) in [7, 11) is 0. The topological polar surface area (TPSA) is 14.8 Å². The zero-order valence-electron chi connectivity index (χ0n) is 27.7. The standard InChI is InChI=1S/C48H31N3/c1-3-13-32(14-4-1)33-23-25-35(26-24-33)49-42-20-10-7-17-37(42)39-28-27-36(31-46(39)49)50-44-22-12-9-19-41(44)47-45(50)30-29-40-38-18-8-11-21-43(38)51(48(40)47)34-15-5-2-6-16-34/h1-31H. The van der Waals surface area contributed by atoms with Gasteiger partial charge in [0.15, 0.2) is 0 Å². The highest BCUT2D eigenvalue weighted by Gasteiger charge is 2.21. The molecule has 11 rings (SSSR count). The van der Waals surface area contributed by atoms with Crippen LogP contribution in [0.25, 0.3) is 93.6 Å². The average molecular weight is 650 g/mol. The van der Waals surface area contributed by atoms with Crippen molar-refractivity contribution in [2.45, 2.75) is 0 Å². The molecular weight excluding hydrogens is 619 g/mol. The van der Waals surface area contributed by atoms with Crippen molar-refractivity contribution < 1.29 is 0 Å². The quantitative estimate of drug-likeness (QED) is 0.180. The van der Waals surface area contributed by atoms with Crippen LogP contribution < -0.4 is 0 Å². The summed E-state index contributed by atoms with van der Waals surface area (Å²) in [6, 6.07) is 68.4. The number of hydrogen-bond acceptors (Lipinski definition) is 0. The van der Waals surface area contributed by atoms with Gasteiger partial charge in [-0.05, 0) is 71.8 Å². The first-order valence-corrected chi connectivity index (χ1v) is 17.5. The van der Waals surface area contributed by atoms with E-state index in [9.17, 15) is 0 Å². The Hall–Kier alpha value is -6.84. The molecule has 8 aromatic carbocycles. The molecular formula is C48H31N3. The molecule has 0 aliphatic heterocycles. The Morgan fingerprint density at radius 2 is 0.725 bits per heavy atom. The Bertz CT molecular complexity index is 3110. The van der Waals surface area contributed by atoms with Crippen molar-refractivity contribution in [1.29, 1.82) is 0 Å². The molecule has 0 saturated heterocycles. The molecule has 0 radical (unpaired) electrons. The lowest BCUT2D eigenvalue weighted by molar-refractivity contribution is 1.15. The Morgan fingerprint density at radius 3 is 1.45 bits per heavy atom. The van der Waals surface area contributed by atoms with Gasteiger partial charge in [-0.1, -0.05) is 127 Å². The molecule has 0 saturated carbocycles. The molecule has 0 N–H and O–H groups in total. The highest BCUT2D eigenvalue weighted by atomic mass is 15.0. The van der Waals surface area contributed by atoms with Crippen LogP contribution in [-0.4, -0.2) is 13.7 Å². The lowest BCUT2D eigenvalue weighted by atomic mass is 10.1. The first kappa shape index (κ1) is 28.0. The smallest absolute Gasteiger partial charge is 0.0641 e. The molecule has 0 atom stereocenters. The Kier molecular flexibility index (Phi) is 5.96. The van der Waals surface area contributed by atoms with Gasteiger partial charge in [0.2, 0.25) is 0 Å². The fourth-order valence-corrected chi connectivity index (χ4v) is 8.44. The molecule has 11 aromatic rings. The van der Waals surface area contributed by atoms with Crippen molar-refractivity contribution in [2.24, 2.45) is 0 Å². The maximum absolute atomic E-state index is 2.46. The van der Waals surface area contributed by atoms with E-state index in [4.69, 9.17) is 0 Å². The van der Waals surface area contributed by atoms with Gasteiger partial charge in [-0.2, -0.15) is 0 Å². The van der Waals surface area contributed by atoms with Crippen molar-refractivity contribution in [1.82, 2.24) is 13.7 Å². The number of aromatic nitrogens is 3. The fourth-order valence-electron chi connectivity index (χ4n) is 8.44. The van der Waals surface area contributed by atoms with Gasteiger partial charge in [0.1, 0.15) is 0 Å². The van der Waals surface area contributed by atoms with E-state index in [1.165, 1.54) is 76.5 Å². The Balaban J connectivity index is 1.20. The van der Waals surface area contributed by atoms with Crippen molar-refractivity contribution in [2.75, 3.05) is 0 Å². The van der Waals surface area contributed by atoms with Crippen LogP contribution in [0.15, 0.2) is 188 Å². The minimum absolute atomic E-state index is 1.14. The maximum Gasteiger partial charge on any atom is 0.0641 e. The summed E-state index contributed by atoms with van der Waals surface area (Å²) in [5, 5.41) is 7.53. The van der Waals surface area contributed by atoms with Crippen molar-refractivity contribution in [3.63, 3.8) is 0 Å². The van der Waals surface area contributed by atoms with Crippen LogP contribution in [0.2, 0.25) is 0 Å². The van der Waals surface area contributed by atoms with Crippen LogP contribution in [0.4, 0.5) is 0 Å². The lowest BCUT2D eigenvalue weighted by Crippen LogP contribution is -1.97. The van der Waals surface area contributed by atoms with Gasteiger partial charge >= 0.3 is 0 Å². The van der Waals surface area contributed by atoms with Crippen molar-refractivity contribution >= 4 is 65.4 Å². The summed E-state index contributed by atoms with van der Waals surface area (Å²) in [4.78, 5) is 0. The molecule has 0 aliphatic rings. The summed E-state index contributed by atoms with van der Waals surface area (Å²) in [5.74, 6) is 0. The van der Waals surface area contributed by atoms with Crippen LogP contribution in [0.5, 0.6) is 0 Å². The summed E-state index contributed by atoms with van der Waals surface area (Å²) < 4.78 is 7.32. The second-order valence-electron chi connectivity index (χ2n) is 13.4. The third kappa shape index (κ3) is 4.06. The van der Waals surface area contributed by atoms with Crippen LogP contribution in [-0.2, 0) is 0 Å². The largest absolute Gasteiger partial charge is 0.309 e. The summed E-state index contributed by atoms with van der Waals surface area (Å²) in [6.07, 6.45) is 0. The van der Waals surface area contributed by atoms with Gasteiger partial charge in [-0.3, -0.25) is 0 Å². The number of para-hydroxylation sites is 4. The molecule has 0 aliphatic carbocycles. The van der Waals surface area contributed by atoms with E-state index in [1.54, 1.807) is 0 Å². The summed E-state index contributed by atoms with van der Waals surface area (Å²) in [6.45, 7) is 0. The zero-order valence-corrected chi connectivity index (χ0v) is 27.7. The number of benzene rings is 8. The molecule has 0 fully saturated rings.